The van der Waals surface area contributed by atoms with Gasteiger partial charge in [0.2, 0.25) is 15.8 Å². The minimum absolute atomic E-state index is 0.221. The molecule has 116 valence electrons. The second-order valence-corrected chi connectivity index (χ2v) is 5.71. The molecule has 2 aromatic rings. The Morgan fingerprint density at radius 3 is 2.18 bits per heavy atom. The maximum Gasteiger partial charge on any atom is 0.331 e. The summed E-state index contributed by atoms with van der Waals surface area (Å²) in [6, 6.07) is 9.92. The molecule has 0 unspecified atom stereocenters. The van der Waals surface area contributed by atoms with Gasteiger partial charge in [-0.1, -0.05) is 6.07 Å². The molecule has 9 heteroatoms. The monoisotopic (exact) mass is 324 g/mol. The molecule has 0 amide bonds. The number of nitrogens with two attached hydrogens (primary N) is 1. The molecule has 2 N–H and O–H groups in total. The molecule has 0 atom stereocenters. The van der Waals surface area contributed by atoms with E-state index in [2.05, 4.69) is 0 Å². The molecule has 0 aliphatic heterocycles. The Morgan fingerprint density at radius 2 is 1.68 bits per heavy atom. The lowest BCUT2D eigenvalue weighted by molar-refractivity contribution is -0.388. The minimum Gasteiger partial charge on any atom is -0.497 e. The summed E-state index contributed by atoms with van der Waals surface area (Å²) in [6.07, 6.45) is 0. The van der Waals surface area contributed by atoms with Crippen LogP contribution in [-0.2, 0) is 10.0 Å². The third-order valence-corrected chi connectivity index (χ3v) is 3.68. The molecule has 0 aromatic heterocycles. The van der Waals surface area contributed by atoms with Crippen molar-refractivity contribution in [2.45, 2.75) is 4.90 Å². The highest BCUT2D eigenvalue weighted by Gasteiger charge is 2.28. The highest BCUT2D eigenvalue weighted by molar-refractivity contribution is 7.89. The molecule has 0 radical (unpaired) electrons. The zero-order chi connectivity index (χ0) is 16.3. The SMILES string of the molecule is COc1ccc(Oc2cccc(S(N)(=O)=O)c2[N+](=O)[O-])cc1. The summed E-state index contributed by atoms with van der Waals surface area (Å²) >= 11 is 0. The Hall–Kier alpha value is -2.65. The van der Waals surface area contributed by atoms with E-state index in [1.54, 1.807) is 12.1 Å². The van der Waals surface area contributed by atoms with Crippen LogP contribution >= 0.6 is 0 Å². The number of hydrogen-bond donors (Lipinski definition) is 1. The minimum atomic E-state index is -4.25. The molecule has 0 aliphatic rings. The number of benzene rings is 2. The number of nitro benzene ring substituents is 1. The molecule has 0 fully saturated rings. The standard InChI is InChI=1S/C13H12N2O6S/c1-20-9-5-7-10(8-6-9)21-11-3-2-4-12(22(14,18)19)13(11)15(16)17/h2-8H,1H3,(H2,14,18,19). The Bertz CT molecular complexity index is 802. The first-order valence-electron chi connectivity index (χ1n) is 5.95. The highest BCUT2D eigenvalue weighted by Crippen LogP contribution is 2.36. The highest BCUT2D eigenvalue weighted by atomic mass is 32.2. The first-order valence-corrected chi connectivity index (χ1v) is 7.49. The third-order valence-electron chi connectivity index (χ3n) is 2.74. The van der Waals surface area contributed by atoms with Gasteiger partial charge in [0.1, 0.15) is 11.5 Å². The van der Waals surface area contributed by atoms with E-state index in [4.69, 9.17) is 14.6 Å². The van der Waals surface area contributed by atoms with Crippen LogP contribution in [0.4, 0.5) is 5.69 Å². The number of methoxy groups -OCH3 is 1. The second-order valence-electron chi connectivity index (χ2n) is 4.18. The van der Waals surface area contributed by atoms with Crippen LogP contribution < -0.4 is 14.6 Å². The van der Waals surface area contributed by atoms with Crippen molar-refractivity contribution in [1.29, 1.82) is 0 Å². The molecule has 0 bridgehead atoms. The van der Waals surface area contributed by atoms with Gasteiger partial charge in [0.05, 0.1) is 12.0 Å². The van der Waals surface area contributed by atoms with E-state index in [0.29, 0.717) is 5.75 Å². The fraction of sp³-hybridized carbons (Fsp3) is 0.0769. The van der Waals surface area contributed by atoms with Crippen LogP contribution in [-0.4, -0.2) is 20.5 Å². The van der Waals surface area contributed by atoms with Gasteiger partial charge in [0.25, 0.3) is 0 Å². The number of nitro groups is 1. The summed E-state index contributed by atoms with van der Waals surface area (Å²) in [4.78, 5) is 9.71. The molecular formula is C13H12N2O6S. The molecule has 22 heavy (non-hydrogen) atoms. The quantitative estimate of drug-likeness (QED) is 0.663. The van der Waals surface area contributed by atoms with E-state index >= 15 is 0 Å². The van der Waals surface area contributed by atoms with Gasteiger partial charge in [0, 0.05) is 0 Å². The maximum absolute atomic E-state index is 11.4. The zero-order valence-corrected chi connectivity index (χ0v) is 12.2. The van der Waals surface area contributed by atoms with E-state index in [1.807, 2.05) is 0 Å². The number of ether oxygens (including phenoxy) is 2. The van der Waals surface area contributed by atoms with Crippen molar-refractivity contribution in [3.63, 3.8) is 0 Å². The Kier molecular flexibility index (Phi) is 4.29. The average Bonchev–Trinajstić information content (AvgIpc) is 2.46. The molecule has 8 nitrogen and oxygen atoms in total. The fourth-order valence-corrected chi connectivity index (χ4v) is 2.48. The van der Waals surface area contributed by atoms with Crippen LogP contribution in [0, 0.1) is 10.1 Å². The van der Waals surface area contributed by atoms with Gasteiger partial charge < -0.3 is 9.47 Å². The topological polar surface area (TPSA) is 122 Å². The van der Waals surface area contributed by atoms with Crippen molar-refractivity contribution in [3.05, 3.63) is 52.6 Å². The van der Waals surface area contributed by atoms with Crippen molar-refractivity contribution in [2.24, 2.45) is 5.14 Å². The van der Waals surface area contributed by atoms with E-state index in [-0.39, 0.29) is 11.5 Å². The zero-order valence-electron chi connectivity index (χ0n) is 11.4. The first-order chi connectivity index (χ1) is 10.3. The summed E-state index contributed by atoms with van der Waals surface area (Å²) in [6.45, 7) is 0. The lowest BCUT2D eigenvalue weighted by Crippen LogP contribution is -2.14. The molecule has 2 aromatic carbocycles. The molecule has 0 aliphatic carbocycles. The summed E-state index contributed by atoms with van der Waals surface area (Å²) in [5, 5.41) is 16.2. The lowest BCUT2D eigenvalue weighted by atomic mass is 10.3. The number of para-hydroxylation sites is 1. The van der Waals surface area contributed by atoms with Crippen LogP contribution in [0.3, 0.4) is 0 Å². The van der Waals surface area contributed by atoms with Crippen molar-refractivity contribution < 1.29 is 22.8 Å². The fourth-order valence-electron chi connectivity index (χ4n) is 1.76. The average molecular weight is 324 g/mol. The van der Waals surface area contributed by atoms with Crippen LogP contribution in [0.5, 0.6) is 17.2 Å². The van der Waals surface area contributed by atoms with E-state index in [9.17, 15) is 18.5 Å². The van der Waals surface area contributed by atoms with Gasteiger partial charge in [-0.3, -0.25) is 10.1 Å². The molecule has 2 rings (SSSR count). The lowest BCUT2D eigenvalue weighted by Gasteiger charge is -2.09. The van der Waals surface area contributed by atoms with Crippen LogP contribution in [0.25, 0.3) is 0 Å². The predicted octanol–water partition coefficient (Wildman–Crippen LogP) is 2.04. The normalized spacial score (nSPS) is 11.0. The number of hydrogen-bond acceptors (Lipinski definition) is 6. The number of primary sulfonamides is 1. The van der Waals surface area contributed by atoms with Gasteiger partial charge in [-0.25, -0.2) is 13.6 Å². The van der Waals surface area contributed by atoms with Gasteiger partial charge >= 0.3 is 5.69 Å². The largest absolute Gasteiger partial charge is 0.497 e. The smallest absolute Gasteiger partial charge is 0.331 e. The van der Waals surface area contributed by atoms with Crippen molar-refractivity contribution in [2.75, 3.05) is 7.11 Å². The van der Waals surface area contributed by atoms with E-state index in [0.717, 1.165) is 6.07 Å². The maximum atomic E-state index is 11.4. The Balaban J connectivity index is 2.48. The van der Waals surface area contributed by atoms with Crippen molar-refractivity contribution >= 4 is 15.7 Å². The van der Waals surface area contributed by atoms with Gasteiger partial charge in [-0.15, -0.1) is 0 Å². The first kappa shape index (κ1) is 15.7. The molecular weight excluding hydrogens is 312 g/mol. The predicted molar refractivity (Wildman–Crippen MR) is 77.5 cm³/mol. The third kappa shape index (κ3) is 3.32. The van der Waals surface area contributed by atoms with Crippen molar-refractivity contribution in [1.82, 2.24) is 0 Å². The number of rotatable bonds is 5. The molecule has 0 saturated heterocycles. The van der Waals surface area contributed by atoms with Crippen LogP contribution in [0.1, 0.15) is 0 Å². The van der Waals surface area contributed by atoms with Gasteiger partial charge in [-0.2, -0.15) is 0 Å². The van der Waals surface area contributed by atoms with Crippen LogP contribution in [0.15, 0.2) is 47.4 Å². The summed E-state index contributed by atoms with van der Waals surface area (Å²) in [5.74, 6) is 0.650. The summed E-state index contributed by atoms with van der Waals surface area (Å²) < 4.78 is 33.3. The Morgan fingerprint density at radius 1 is 1.09 bits per heavy atom. The van der Waals surface area contributed by atoms with Crippen LogP contribution in [0.2, 0.25) is 0 Å². The summed E-state index contributed by atoms with van der Waals surface area (Å²) in [7, 11) is -2.75. The Labute approximate surface area is 126 Å². The molecule has 0 spiro atoms. The van der Waals surface area contributed by atoms with E-state index in [1.165, 1.54) is 31.4 Å². The van der Waals surface area contributed by atoms with E-state index < -0.39 is 25.5 Å². The molecule has 0 heterocycles. The molecule has 0 saturated carbocycles. The van der Waals surface area contributed by atoms with Crippen molar-refractivity contribution in [3.8, 4) is 17.2 Å². The van der Waals surface area contributed by atoms with Gasteiger partial charge in [-0.05, 0) is 36.4 Å². The second kappa shape index (κ2) is 6.00. The summed E-state index contributed by atoms with van der Waals surface area (Å²) in [5.41, 5.74) is -0.708. The number of nitrogens with zero attached hydrogens (tertiary/aromatic N) is 1. The van der Waals surface area contributed by atoms with Gasteiger partial charge in [0.15, 0.2) is 4.90 Å². The number of sulfonamides is 1.